The maximum atomic E-state index is 12.3. The van der Waals surface area contributed by atoms with Crippen LogP contribution in [0.15, 0.2) is 34.9 Å². The number of rotatable bonds is 4. The number of Topliss-reactive ketones (excluding diaryl/α,β-unsaturated/α-hetero) is 1. The van der Waals surface area contributed by atoms with Gasteiger partial charge < -0.3 is 9.84 Å². The van der Waals surface area contributed by atoms with Gasteiger partial charge in [-0.3, -0.25) is 9.59 Å². The summed E-state index contributed by atoms with van der Waals surface area (Å²) in [5, 5.41) is 8.86. The van der Waals surface area contributed by atoms with Crippen LogP contribution < -0.4 is 0 Å². The van der Waals surface area contributed by atoms with Crippen LogP contribution in [-0.2, 0) is 14.3 Å². The molecule has 0 unspecified atom stereocenters. The summed E-state index contributed by atoms with van der Waals surface area (Å²) in [7, 11) is 0. The lowest BCUT2D eigenvalue weighted by Crippen LogP contribution is -2.38. The lowest BCUT2D eigenvalue weighted by atomic mass is 9.71. The fraction of sp³-hybridized carbons (Fsp3) is 0.529. The molecule has 0 aromatic heterocycles. The molecule has 21 heavy (non-hydrogen) atoms. The van der Waals surface area contributed by atoms with E-state index >= 15 is 0 Å². The van der Waals surface area contributed by atoms with E-state index in [2.05, 4.69) is 0 Å². The van der Waals surface area contributed by atoms with E-state index in [9.17, 15) is 9.59 Å². The minimum Gasteiger partial charge on any atom is -0.454 e. The Kier molecular flexibility index (Phi) is 5.67. The van der Waals surface area contributed by atoms with Gasteiger partial charge in [-0.25, -0.2) is 0 Å². The lowest BCUT2D eigenvalue weighted by Gasteiger charge is -2.36. The van der Waals surface area contributed by atoms with Crippen molar-refractivity contribution >= 4 is 11.8 Å². The molecule has 1 aliphatic carbocycles. The summed E-state index contributed by atoms with van der Waals surface area (Å²) in [6, 6.07) is 0. The molecule has 4 nitrogen and oxygen atoms in total. The highest BCUT2D eigenvalue weighted by atomic mass is 16.5. The highest BCUT2D eigenvalue weighted by Crippen LogP contribution is 2.40. The van der Waals surface area contributed by atoms with Gasteiger partial charge in [-0.15, -0.1) is 0 Å². The largest absolute Gasteiger partial charge is 0.454 e. The summed E-state index contributed by atoms with van der Waals surface area (Å²) in [5.74, 6) is -0.564. The fourth-order valence-corrected chi connectivity index (χ4v) is 2.62. The second kappa shape index (κ2) is 6.85. The van der Waals surface area contributed by atoms with Gasteiger partial charge in [0.15, 0.2) is 11.9 Å². The zero-order chi connectivity index (χ0) is 16.2. The van der Waals surface area contributed by atoms with Gasteiger partial charge in [0.1, 0.15) is 0 Å². The molecule has 0 saturated carbocycles. The fourth-order valence-electron chi connectivity index (χ4n) is 2.62. The maximum absolute atomic E-state index is 12.3. The van der Waals surface area contributed by atoms with Crippen molar-refractivity contribution in [3.05, 3.63) is 34.9 Å². The minimum absolute atomic E-state index is 0.00888. The van der Waals surface area contributed by atoms with Crippen molar-refractivity contribution in [2.45, 2.75) is 47.1 Å². The third kappa shape index (κ3) is 4.39. The van der Waals surface area contributed by atoms with E-state index < -0.39 is 12.1 Å². The van der Waals surface area contributed by atoms with E-state index in [1.54, 1.807) is 13.0 Å². The van der Waals surface area contributed by atoms with Crippen LogP contribution in [0.4, 0.5) is 0 Å². The van der Waals surface area contributed by atoms with Crippen molar-refractivity contribution in [2.24, 2.45) is 5.41 Å². The van der Waals surface area contributed by atoms with Gasteiger partial charge in [0.05, 0.1) is 6.61 Å². The van der Waals surface area contributed by atoms with Gasteiger partial charge >= 0.3 is 5.97 Å². The summed E-state index contributed by atoms with van der Waals surface area (Å²) in [6.45, 7) is 9.03. The molecule has 0 amide bonds. The van der Waals surface area contributed by atoms with Crippen molar-refractivity contribution in [1.29, 1.82) is 0 Å². The van der Waals surface area contributed by atoms with Gasteiger partial charge in [-0.1, -0.05) is 37.6 Å². The lowest BCUT2D eigenvalue weighted by molar-refractivity contribution is -0.153. The van der Waals surface area contributed by atoms with Gasteiger partial charge in [0, 0.05) is 13.3 Å². The topological polar surface area (TPSA) is 63.6 Å². The highest BCUT2D eigenvalue weighted by molar-refractivity contribution is 6.01. The first-order chi connectivity index (χ1) is 9.69. The summed E-state index contributed by atoms with van der Waals surface area (Å²) in [6.07, 6.45) is 5.29. The first kappa shape index (κ1) is 17.4. The van der Waals surface area contributed by atoms with Crippen LogP contribution in [0.2, 0.25) is 0 Å². The van der Waals surface area contributed by atoms with E-state index in [-0.39, 0.29) is 17.8 Å². The highest BCUT2D eigenvalue weighted by Gasteiger charge is 2.39. The average Bonchev–Trinajstić information content (AvgIpc) is 2.34. The predicted octanol–water partition coefficient (Wildman–Crippen LogP) is 2.73. The first-order valence-electron chi connectivity index (χ1n) is 7.07. The van der Waals surface area contributed by atoms with Crippen LogP contribution in [0.3, 0.4) is 0 Å². The normalized spacial score (nSPS) is 22.9. The smallest absolute Gasteiger partial charge is 0.303 e. The molecule has 0 bridgehead atoms. The van der Waals surface area contributed by atoms with Crippen molar-refractivity contribution in [2.75, 3.05) is 6.61 Å². The number of ketones is 1. The molecule has 0 aromatic carbocycles. The number of esters is 1. The van der Waals surface area contributed by atoms with Crippen molar-refractivity contribution < 1.29 is 19.4 Å². The van der Waals surface area contributed by atoms with Crippen LogP contribution in [-0.4, -0.2) is 29.6 Å². The summed E-state index contributed by atoms with van der Waals surface area (Å²) in [4.78, 5) is 23.4. The quantitative estimate of drug-likeness (QED) is 0.639. The Hall–Kier alpha value is -1.68. The van der Waals surface area contributed by atoms with E-state index in [0.29, 0.717) is 12.0 Å². The van der Waals surface area contributed by atoms with Crippen LogP contribution in [0, 0.1) is 5.41 Å². The maximum Gasteiger partial charge on any atom is 0.303 e. The van der Waals surface area contributed by atoms with Gasteiger partial charge in [0.25, 0.3) is 0 Å². The predicted molar refractivity (Wildman–Crippen MR) is 81.6 cm³/mol. The van der Waals surface area contributed by atoms with E-state index in [1.807, 2.05) is 32.9 Å². The number of allylic oxidation sites excluding steroid dienone is 4. The summed E-state index contributed by atoms with van der Waals surface area (Å²) >= 11 is 0. The summed E-state index contributed by atoms with van der Waals surface area (Å²) in [5.41, 5.74) is 2.25. The zero-order valence-electron chi connectivity index (χ0n) is 13.4. The number of hydrogen-bond acceptors (Lipinski definition) is 4. The van der Waals surface area contributed by atoms with E-state index in [4.69, 9.17) is 9.84 Å². The molecule has 4 heteroatoms. The third-order valence-electron chi connectivity index (χ3n) is 3.73. The van der Waals surface area contributed by atoms with Crippen LogP contribution in [0.25, 0.3) is 0 Å². The Balaban J connectivity index is 3.12. The molecule has 0 aromatic rings. The molecule has 1 N–H and O–H groups in total. The first-order valence-corrected chi connectivity index (χ1v) is 7.07. The molecule has 1 rings (SSSR count). The van der Waals surface area contributed by atoms with Crippen molar-refractivity contribution in [1.82, 2.24) is 0 Å². The molecule has 0 spiro atoms. The molecule has 1 atom stereocenters. The van der Waals surface area contributed by atoms with Crippen LogP contribution >= 0.6 is 0 Å². The number of carbonyl (C=O) groups excluding carboxylic acids is 2. The van der Waals surface area contributed by atoms with Gasteiger partial charge in [-0.2, -0.15) is 0 Å². The van der Waals surface area contributed by atoms with Gasteiger partial charge in [-0.05, 0) is 30.4 Å². The molecule has 0 saturated heterocycles. The number of ether oxygens (including phenoxy) is 1. The zero-order valence-corrected chi connectivity index (χ0v) is 13.4. The number of carbonyl (C=O) groups is 2. The molecule has 0 heterocycles. The minimum atomic E-state index is -0.691. The molecule has 0 radical (unpaired) electrons. The Bertz CT molecular complexity index is 521. The second-order valence-corrected chi connectivity index (χ2v) is 6.05. The summed E-state index contributed by atoms with van der Waals surface area (Å²) < 4.78 is 5.13. The number of hydrogen-bond donors (Lipinski definition) is 1. The van der Waals surface area contributed by atoms with E-state index in [1.165, 1.54) is 6.92 Å². The van der Waals surface area contributed by atoms with Crippen LogP contribution in [0.1, 0.15) is 41.0 Å². The van der Waals surface area contributed by atoms with Crippen molar-refractivity contribution in [3.8, 4) is 0 Å². The Labute approximate surface area is 126 Å². The Morgan fingerprint density at radius 3 is 2.57 bits per heavy atom. The average molecular weight is 292 g/mol. The van der Waals surface area contributed by atoms with E-state index in [0.717, 1.165) is 11.1 Å². The third-order valence-corrected chi connectivity index (χ3v) is 3.73. The molecule has 0 fully saturated rings. The molecule has 0 aliphatic heterocycles. The monoisotopic (exact) mass is 292 g/mol. The molecule has 116 valence electrons. The molecular weight excluding hydrogens is 268 g/mol. The van der Waals surface area contributed by atoms with Crippen molar-refractivity contribution in [3.63, 3.8) is 0 Å². The van der Waals surface area contributed by atoms with Gasteiger partial charge in [0.2, 0.25) is 0 Å². The second-order valence-electron chi connectivity index (χ2n) is 6.05. The molecule has 1 aliphatic rings. The Morgan fingerprint density at radius 2 is 2.05 bits per heavy atom. The number of aliphatic hydroxyl groups is 1. The standard InChI is InChI=1S/C17H24O4/c1-11(8-9-18)6-7-14-12(2)16(20)15(21-13(3)19)10-17(14,4)5/h6-8,15,18H,9-10H2,1-5H3/b7-6+,11-8+/t15-/m0/s1. The number of aliphatic hydroxyl groups excluding tert-OH is 1. The molecular formula is C17H24O4. The SMILES string of the molecule is CC(=O)O[C@H]1CC(C)(C)C(/C=C/C(C)=C/CO)=C(C)C1=O. The Morgan fingerprint density at radius 1 is 1.43 bits per heavy atom. The van der Waals surface area contributed by atoms with Crippen LogP contribution in [0.5, 0.6) is 0 Å².